The van der Waals surface area contributed by atoms with E-state index < -0.39 is 0 Å². The highest BCUT2D eigenvalue weighted by Gasteiger charge is 2.29. The summed E-state index contributed by atoms with van der Waals surface area (Å²) in [4.78, 5) is 11.8. The zero-order chi connectivity index (χ0) is 11.1. The summed E-state index contributed by atoms with van der Waals surface area (Å²) in [5.41, 5.74) is 0. The fraction of sp³-hybridized carbons (Fsp3) is 0.923. The van der Waals surface area contributed by atoms with Crippen LogP contribution in [0.3, 0.4) is 0 Å². The Balaban J connectivity index is 2.47. The van der Waals surface area contributed by atoms with Crippen molar-refractivity contribution in [2.45, 2.75) is 58.8 Å². The topological polar surface area (TPSA) is 29.1 Å². The van der Waals surface area contributed by atoms with Crippen LogP contribution >= 0.6 is 0 Å². The lowest BCUT2D eigenvalue weighted by Crippen LogP contribution is -2.40. The Morgan fingerprint density at radius 2 is 2.13 bits per heavy atom. The van der Waals surface area contributed by atoms with Crippen LogP contribution in [0, 0.1) is 11.8 Å². The Hall–Kier alpha value is -0.530. The Kier molecular flexibility index (Phi) is 5.74. The van der Waals surface area contributed by atoms with Gasteiger partial charge in [-0.15, -0.1) is 0 Å². The van der Waals surface area contributed by atoms with Crippen LogP contribution in [0.15, 0.2) is 0 Å². The molecule has 2 atom stereocenters. The molecule has 15 heavy (non-hydrogen) atoms. The first kappa shape index (κ1) is 12.5. The number of hydrogen-bond acceptors (Lipinski definition) is 1. The average molecular weight is 211 g/mol. The molecule has 0 radical (unpaired) electrons. The third-order valence-electron chi connectivity index (χ3n) is 3.48. The van der Waals surface area contributed by atoms with E-state index in [2.05, 4.69) is 19.2 Å². The van der Waals surface area contributed by atoms with Gasteiger partial charge in [-0.1, -0.05) is 33.1 Å². The molecule has 88 valence electrons. The summed E-state index contributed by atoms with van der Waals surface area (Å²) in [5, 5.41) is 3.01. The molecule has 0 aliphatic carbocycles. The van der Waals surface area contributed by atoms with Gasteiger partial charge in [-0.25, -0.2) is 0 Å². The zero-order valence-corrected chi connectivity index (χ0v) is 10.2. The van der Waals surface area contributed by atoms with Gasteiger partial charge >= 0.3 is 0 Å². The molecule has 0 aromatic carbocycles. The lowest BCUT2D eigenvalue weighted by atomic mass is 9.80. The molecule has 0 saturated carbocycles. The molecule has 0 aromatic heterocycles. The second kappa shape index (κ2) is 6.86. The van der Waals surface area contributed by atoms with Crippen LogP contribution in [0.5, 0.6) is 0 Å². The van der Waals surface area contributed by atoms with Crippen molar-refractivity contribution in [3.63, 3.8) is 0 Å². The minimum Gasteiger partial charge on any atom is -0.356 e. The van der Waals surface area contributed by atoms with Crippen molar-refractivity contribution in [2.75, 3.05) is 6.54 Å². The van der Waals surface area contributed by atoms with Gasteiger partial charge in [0.05, 0.1) is 0 Å². The summed E-state index contributed by atoms with van der Waals surface area (Å²) < 4.78 is 0. The van der Waals surface area contributed by atoms with Crippen LogP contribution in [0.4, 0.5) is 0 Å². The molecule has 2 unspecified atom stereocenters. The van der Waals surface area contributed by atoms with Crippen molar-refractivity contribution in [3.05, 3.63) is 0 Å². The van der Waals surface area contributed by atoms with E-state index in [1.54, 1.807) is 0 Å². The number of piperidine rings is 1. The SMILES string of the molecule is CCCCC(CCC)C1CCCNC1=O. The van der Waals surface area contributed by atoms with Gasteiger partial charge in [-0.2, -0.15) is 0 Å². The van der Waals surface area contributed by atoms with E-state index in [1.807, 2.05) is 0 Å². The van der Waals surface area contributed by atoms with Gasteiger partial charge in [-0.05, 0) is 31.6 Å². The quantitative estimate of drug-likeness (QED) is 0.718. The Morgan fingerprint density at radius 3 is 2.73 bits per heavy atom. The highest BCUT2D eigenvalue weighted by molar-refractivity contribution is 5.79. The maximum atomic E-state index is 11.8. The number of nitrogens with one attached hydrogen (secondary N) is 1. The van der Waals surface area contributed by atoms with Crippen molar-refractivity contribution in [1.29, 1.82) is 0 Å². The van der Waals surface area contributed by atoms with Crippen LogP contribution in [-0.4, -0.2) is 12.5 Å². The third-order valence-corrected chi connectivity index (χ3v) is 3.48. The molecule has 2 nitrogen and oxygen atoms in total. The summed E-state index contributed by atoms with van der Waals surface area (Å²) >= 11 is 0. The minimum absolute atomic E-state index is 0.310. The zero-order valence-electron chi connectivity index (χ0n) is 10.2. The number of rotatable bonds is 6. The van der Waals surface area contributed by atoms with Crippen molar-refractivity contribution < 1.29 is 4.79 Å². The van der Waals surface area contributed by atoms with Gasteiger partial charge < -0.3 is 5.32 Å². The highest BCUT2D eigenvalue weighted by Crippen LogP contribution is 2.29. The lowest BCUT2D eigenvalue weighted by Gasteiger charge is -2.29. The number of unbranched alkanes of at least 4 members (excludes halogenated alkanes) is 1. The lowest BCUT2D eigenvalue weighted by molar-refractivity contribution is -0.128. The molecular weight excluding hydrogens is 186 g/mol. The van der Waals surface area contributed by atoms with Crippen LogP contribution in [0.25, 0.3) is 0 Å². The molecule has 1 aliphatic rings. The van der Waals surface area contributed by atoms with Crippen LogP contribution in [0.2, 0.25) is 0 Å². The number of carbonyl (C=O) groups is 1. The van der Waals surface area contributed by atoms with E-state index >= 15 is 0 Å². The number of carbonyl (C=O) groups excluding carboxylic acids is 1. The number of amides is 1. The summed E-state index contributed by atoms with van der Waals surface area (Å²) in [6.45, 7) is 5.34. The van der Waals surface area contributed by atoms with Gasteiger partial charge in [0, 0.05) is 12.5 Å². The van der Waals surface area contributed by atoms with Crippen LogP contribution in [0.1, 0.15) is 58.8 Å². The largest absolute Gasteiger partial charge is 0.356 e. The molecule has 1 rings (SSSR count). The fourth-order valence-electron chi connectivity index (χ4n) is 2.63. The summed E-state index contributed by atoms with van der Waals surface area (Å²) in [6, 6.07) is 0. The van der Waals surface area contributed by atoms with Crippen molar-refractivity contribution >= 4 is 5.91 Å². The number of hydrogen-bond donors (Lipinski definition) is 1. The predicted octanol–water partition coefficient (Wildman–Crippen LogP) is 3.12. The minimum atomic E-state index is 0.310. The maximum absolute atomic E-state index is 11.8. The van der Waals surface area contributed by atoms with Crippen molar-refractivity contribution in [2.24, 2.45) is 11.8 Å². The third kappa shape index (κ3) is 3.84. The van der Waals surface area contributed by atoms with E-state index in [4.69, 9.17) is 0 Å². The molecule has 0 bridgehead atoms. The Morgan fingerprint density at radius 1 is 1.33 bits per heavy atom. The highest BCUT2D eigenvalue weighted by atomic mass is 16.1. The van der Waals surface area contributed by atoms with Gasteiger partial charge in [-0.3, -0.25) is 4.79 Å². The second-order valence-corrected chi connectivity index (χ2v) is 4.73. The Bertz CT molecular complexity index is 191. The van der Waals surface area contributed by atoms with Gasteiger partial charge in [0.25, 0.3) is 0 Å². The van der Waals surface area contributed by atoms with Crippen LogP contribution < -0.4 is 5.32 Å². The Labute approximate surface area is 93.8 Å². The van der Waals surface area contributed by atoms with Crippen LogP contribution in [-0.2, 0) is 4.79 Å². The summed E-state index contributed by atoms with van der Waals surface area (Å²) in [7, 11) is 0. The van der Waals surface area contributed by atoms with E-state index in [0.29, 0.717) is 17.7 Å². The van der Waals surface area contributed by atoms with E-state index in [1.165, 1.54) is 38.5 Å². The van der Waals surface area contributed by atoms with Crippen molar-refractivity contribution in [1.82, 2.24) is 5.32 Å². The van der Waals surface area contributed by atoms with E-state index in [0.717, 1.165) is 13.0 Å². The van der Waals surface area contributed by atoms with Crippen molar-refractivity contribution in [3.8, 4) is 0 Å². The first-order valence-electron chi connectivity index (χ1n) is 6.57. The molecule has 0 spiro atoms. The normalized spacial score (nSPS) is 23.6. The standard InChI is InChI=1S/C13H25NO/c1-3-5-8-11(7-4-2)12-9-6-10-14-13(12)15/h11-12H,3-10H2,1-2H3,(H,14,15). The smallest absolute Gasteiger partial charge is 0.223 e. The molecule has 1 fully saturated rings. The molecule has 1 aliphatic heterocycles. The van der Waals surface area contributed by atoms with E-state index in [-0.39, 0.29) is 0 Å². The molecule has 1 heterocycles. The maximum Gasteiger partial charge on any atom is 0.223 e. The first-order chi connectivity index (χ1) is 7.29. The van der Waals surface area contributed by atoms with E-state index in [9.17, 15) is 4.79 Å². The van der Waals surface area contributed by atoms with Gasteiger partial charge in [0.2, 0.25) is 5.91 Å². The first-order valence-corrected chi connectivity index (χ1v) is 6.57. The molecular formula is C13H25NO. The fourth-order valence-corrected chi connectivity index (χ4v) is 2.63. The molecule has 1 amide bonds. The average Bonchev–Trinajstić information content (AvgIpc) is 2.25. The van der Waals surface area contributed by atoms with Gasteiger partial charge in [0.1, 0.15) is 0 Å². The monoisotopic (exact) mass is 211 g/mol. The molecule has 1 N–H and O–H groups in total. The summed E-state index contributed by atoms with van der Waals surface area (Å²) in [5.74, 6) is 1.26. The van der Waals surface area contributed by atoms with Gasteiger partial charge in [0.15, 0.2) is 0 Å². The molecule has 2 heteroatoms. The summed E-state index contributed by atoms with van der Waals surface area (Å²) in [6.07, 6.45) is 8.46. The second-order valence-electron chi connectivity index (χ2n) is 4.73. The predicted molar refractivity (Wildman–Crippen MR) is 63.7 cm³/mol. The molecule has 1 saturated heterocycles. The molecule has 0 aromatic rings.